The van der Waals surface area contributed by atoms with Crippen LogP contribution in [0.1, 0.15) is 13.8 Å². The summed E-state index contributed by atoms with van der Waals surface area (Å²) >= 11 is 1.58. The molecule has 17 heavy (non-hydrogen) atoms. The summed E-state index contributed by atoms with van der Waals surface area (Å²) in [5, 5.41) is 0. The first-order chi connectivity index (χ1) is 8.18. The van der Waals surface area contributed by atoms with Gasteiger partial charge in [0.15, 0.2) is 0 Å². The Bertz CT molecular complexity index is 547. The van der Waals surface area contributed by atoms with Crippen LogP contribution in [0.2, 0.25) is 0 Å². The molecule has 0 fully saturated rings. The van der Waals surface area contributed by atoms with Gasteiger partial charge in [-0.15, -0.1) is 0 Å². The number of aromatic amines is 1. The Hall–Kier alpha value is -1.27. The van der Waals surface area contributed by atoms with Crippen molar-refractivity contribution < 1.29 is 4.74 Å². The molecule has 0 amide bonds. The molecule has 0 aromatic carbocycles. The fraction of sp³-hybridized carbons (Fsp3) is 0.455. The molecule has 2 rings (SSSR count). The highest BCUT2D eigenvalue weighted by Gasteiger charge is 2.04. The van der Waals surface area contributed by atoms with Crippen LogP contribution in [0.15, 0.2) is 23.4 Å². The standard InChI is InChI=1S/C11H15N3O2S/c1-8(2)16-5-6-17-14-7-13-11(15)10-9(14)3-4-12-10/h3-4,7-8,12H,5-6H2,1-2H3. The zero-order valence-corrected chi connectivity index (χ0v) is 10.7. The Labute approximate surface area is 103 Å². The van der Waals surface area contributed by atoms with Gasteiger partial charge < -0.3 is 9.72 Å². The molecule has 2 aromatic heterocycles. The molecular formula is C11H15N3O2S. The maximum absolute atomic E-state index is 11.4. The van der Waals surface area contributed by atoms with Crippen LogP contribution in [0.4, 0.5) is 0 Å². The lowest BCUT2D eigenvalue weighted by Gasteiger charge is -2.08. The van der Waals surface area contributed by atoms with Gasteiger partial charge in [-0.05, 0) is 31.9 Å². The number of rotatable bonds is 5. The highest BCUT2D eigenvalue weighted by Crippen LogP contribution is 2.14. The summed E-state index contributed by atoms with van der Waals surface area (Å²) in [6.45, 7) is 4.70. The number of nitrogens with zero attached hydrogens (tertiary/aromatic N) is 2. The van der Waals surface area contributed by atoms with Gasteiger partial charge in [-0.1, -0.05) is 0 Å². The van der Waals surface area contributed by atoms with Gasteiger partial charge >= 0.3 is 0 Å². The molecule has 0 aliphatic heterocycles. The molecule has 0 bridgehead atoms. The topological polar surface area (TPSA) is 59.9 Å². The molecule has 92 valence electrons. The van der Waals surface area contributed by atoms with Crippen molar-refractivity contribution in [1.29, 1.82) is 0 Å². The van der Waals surface area contributed by atoms with E-state index in [9.17, 15) is 4.79 Å². The summed E-state index contributed by atoms with van der Waals surface area (Å²) in [4.78, 5) is 18.1. The molecule has 0 spiro atoms. The number of aromatic nitrogens is 3. The monoisotopic (exact) mass is 253 g/mol. The second-order valence-electron chi connectivity index (χ2n) is 3.87. The number of ether oxygens (including phenoxy) is 1. The highest BCUT2D eigenvalue weighted by atomic mass is 32.2. The Morgan fingerprint density at radius 1 is 1.59 bits per heavy atom. The first kappa shape index (κ1) is 12.2. The van der Waals surface area contributed by atoms with Gasteiger partial charge in [0, 0.05) is 11.9 Å². The first-order valence-corrected chi connectivity index (χ1v) is 6.42. The zero-order chi connectivity index (χ0) is 12.3. The van der Waals surface area contributed by atoms with E-state index < -0.39 is 0 Å². The molecule has 0 aliphatic carbocycles. The average Bonchev–Trinajstić information content (AvgIpc) is 2.76. The van der Waals surface area contributed by atoms with Crippen molar-refractivity contribution in [2.75, 3.05) is 12.4 Å². The van der Waals surface area contributed by atoms with Gasteiger partial charge in [0.05, 0.1) is 18.2 Å². The minimum Gasteiger partial charge on any atom is -0.378 e. The highest BCUT2D eigenvalue weighted by molar-refractivity contribution is 7.97. The van der Waals surface area contributed by atoms with E-state index in [0.29, 0.717) is 12.1 Å². The smallest absolute Gasteiger partial charge is 0.297 e. The minimum atomic E-state index is -0.222. The summed E-state index contributed by atoms with van der Waals surface area (Å²) in [7, 11) is 0. The maximum Gasteiger partial charge on any atom is 0.297 e. The SMILES string of the molecule is CC(C)OCCSn1cnc(=O)c2[nH]ccc21. The molecular weight excluding hydrogens is 238 g/mol. The molecule has 0 saturated heterocycles. The number of nitrogens with one attached hydrogen (secondary N) is 1. The van der Waals surface area contributed by atoms with E-state index in [1.165, 1.54) is 0 Å². The third-order valence-corrected chi connectivity index (χ3v) is 3.14. The fourth-order valence-corrected chi connectivity index (χ4v) is 2.24. The van der Waals surface area contributed by atoms with Gasteiger partial charge in [-0.3, -0.25) is 8.77 Å². The van der Waals surface area contributed by atoms with Gasteiger partial charge in [-0.2, -0.15) is 4.98 Å². The second kappa shape index (κ2) is 5.37. The molecule has 0 saturated carbocycles. The lowest BCUT2D eigenvalue weighted by Crippen LogP contribution is -2.11. The summed E-state index contributed by atoms with van der Waals surface area (Å²) in [6.07, 6.45) is 3.54. The largest absolute Gasteiger partial charge is 0.378 e. The quantitative estimate of drug-likeness (QED) is 0.823. The third-order valence-electron chi connectivity index (χ3n) is 2.22. The summed E-state index contributed by atoms with van der Waals surface area (Å²) in [5.74, 6) is 0.822. The summed E-state index contributed by atoms with van der Waals surface area (Å²) < 4.78 is 7.34. The molecule has 0 atom stereocenters. The van der Waals surface area contributed by atoms with Crippen molar-refractivity contribution in [3.63, 3.8) is 0 Å². The van der Waals surface area contributed by atoms with Crippen molar-refractivity contribution in [3.05, 3.63) is 28.9 Å². The van der Waals surface area contributed by atoms with Crippen molar-refractivity contribution in [2.24, 2.45) is 0 Å². The van der Waals surface area contributed by atoms with Gasteiger partial charge in [0.2, 0.25) is 0 Å². The van der Waals surface area contributed by atoms with E-state index in [1.54, 1.807) is 24.5 Å². The van der Waals surface area contributed by atoms with Crippen molar-refractivity contribution >= 4 is 23.0 Å². The number of hydrogen-bond donors (Lipinski definition) is 1. The lowest BCUT2D eigenvalue weighted by molar-refractivity contribution is 0.0920. The molecule has 0 unspecified atom stereocenters. The molecule has 0 aliphatic rings. The van der Waals surface area contributed by atoms with Crippen LogP contribution in [0.5, 0.6) is 0 Å². The summed E-state index contributed by atoms with van der Waals surface area (Å²) in [6, 6.07) is 1.87. The fourth-order valence-electron chi connectivity index (χ4n) is 1.47. The van der Waals surface area contributed by atoms with E-state index in [4.69, 9.17) is 4.74 Å². The predicted octanol–water partition coefficient (Wildman–Crippen LogP) is 1.65. The molecule has 6 heteroatoms. The van der Waals surface area contributed by atoms with Crippen molar-refractivity contribution in [1.82, 2.24) is 13.9 Å². The molecule has 0 radical (unpaired) electrons. The van der Waals surface area contributed by atoms with E-state index in [1.807, 2.05) is 23.9 Å². The van der Waals surface area contributed by atoms with E-state index >= 15 is 0 Å². The van der Waals surface area contributed by atoms with Gasteiger partial charge in [-0.25, -0.2) is 0 Å². The molecule has 2 heterocycles. The Balaban J connectivity index is 2.06. The second-order valence-corrected chi connectivity index (χ2v) is 4.93. The van der Waals surface area contributed by atoms with E-state index in [0.717, 1.165) is 11.3 Å². The van der Waals surface area contributed by atoms with Crippen LogP contribution < -0.4 is 5.56 Å². The van der Waals surface area contributed by atoms with Crippen LogP contribution in [-0.2, 0) is 4.74 Å². The average molecular weight is 253 g/mol. The first-order valence-electron chi connectivity index (χ1n) is 5.48. The van der Waals surface area contributed by atoms with Crippen molar-refractivity contribution in [2.45, 2.75) is 20.0 Å². The lowest BCUT2D eigenvalue weighted by atomic mass is 10.5. The molecule has 1 N–H and O–H groups in total. The van der Waals surface area contributed by atoms with Crippen LogP contribution in [0.3, 0.4) is 0 Å². The summed E-state index contributed by atoms with van der Waals surface area (Å²) in [5.41, 5.74) is 1.18. The normalized spacial score (nSPS) is 11.5. The minimum absolute atomic E-state index is 0.222. The Kier molecular flexibility index (Phi) is 3.86. The molecule has 5 nitrogen and oxygen atoms in total. The molecule has 2 aromatic rings. The van der Waals surface area contributed by atoms with E-state index in [2.05, 4.69) is 9.97 Å². The number of hydrogen-bond acceptors (Lipinski definition) is 4. The van der Waals surface area contributed by atoms with Crippen molar-refractivity contribution in [3.8, 4) is 0 Å². The Morgan fingerprint density at radius 2 is 2.41 bits per heavy atom. The van der Waals surface area contributed by atoms with Crippen LogP contribution >= 0.6 is 11.9 Å². The van der Waals surface area contributed by atoms with Crippen LogP contribution in [0, 0.1) is 0 Å². The predicted molar refractivity (Wildman–Crippen MR) is 69.3 cm³/mol. The number of fused-ring (bicyclic) bond motifs is 1. The zero-order valence-electron chi connectivity index (χ0n) is 9.84. The van der Waals surface area contributed by atoms with Crippen LogP contribution in [-0.4, -0.2) is 32.4 Å². The third kappa shape index (κ3) is 2.89. The van der Waals surface area contributed by atoms with Crippen LogP contribution in [0.25, 0.3) is 11.0 Å². The Morgan fingerprint density at radius 3 is 3.18 bits per heavy atom. The maximum atomic E-state index is 11.4. The van der Waals surface area contributed by atoms with Gasteiger partial charge in [0.25, 0.3) is 5.56 Å². The number of H-pyrrole nitrogens is 1. The van der Waals surface area contributed by atoms with Gasteiger partial charge in [0.1, 0.15) is 11.8 Å². The van der Waals surface area contributed by atoms with E-state index in [-0.39, 0.29) is 11.7 Å².